The number of H-pyrrole nitrogens is 1. The Labute approximate surface area is 107 Å². The molecule has 3 nitrogen and oxygen atoms in total. The molecule has 4 heterocycles. The Morgan fingerprint density at radius 2 is 1.11 bits per heavy atom. The van der Waals surface area contributed by atoms with Gasteiger partial charge < -0.3 is 8.83 Å². The summed E-state index contributed by atoms with van der Waals surface area (Å²) in [5.41, 5.74) is 2.28. The van der Waals surface area contributed by atoms with E-state index in [1.54, 1.807) is 0 Å². The lowest BCUT2D eigenvalue weighted by Crippen LogP contribution is -1.99. The van der Waals surface area contributed by atoms with Crippen LogP contribution in [0.3, 0.4) is 0 Å². The summed E-state index contributed by atoms with van der Waals surface area (Å²) in [5.74, 6) is 0. The summed E-state index contributed by atoms with van der Waals surface area (Å²) in [7, 11) is 3.13. The molecule has 0 atom stereocenters. The van der Waals surface area contributed by atoms with Crippen LogP contribution in [0.25, 0.3) is 33.4 Å². The Kier molecular flexibility index (Phi) is 2.45. The summed E-state index contributed by atoms with van der Waals surface area (Å²) >= 11 is 0. The second kappa shape index (κ2) is 4.14. The number of fused-ring (bicyclic) bond motifs is 6. The third-order valence-corrected chi connectivity index (χ3v) is 5.34. The average molecular weight is 290 g/mol. The van der Waals surface area contributed by atoms with Gasteiger partial charge in [0.2, 0.25) is 10.9 Å². The lowest BCUT2D eigenvalue weighted by molar-refractivity contribution is -0.370. The van der Waals surface area contributed by atoms with Crippen molar-refractivity contribution in [3.63, 3.8) is 0 Å². The van der Waals surface area contributed by atoms with Crippen molar-refractivity contribution in [1.82, 2.24) is 0 Å². The van der Waals surface area contributed by atoms with Crippen molar-refractivity contribution in [2.75, 3.05) is 0 Å². The maximum absolute atomic E-state index is 5.78. The van der Waals surface area contributed by atoms with Crippen LogP contribution in [0.4, 0.5) is 0 Å². The van der Waals surface area contributed by atoms with E-state index in [-0.39, 0.29) is 0 Å². The molecule has 1 aliphatic heterocycles. The second-order valence-corrected chi connectivity index (χ2v) is 7.19. The highest BCUT2D eigenvalue weighted by atomic mass is 31.0. The molecule has 0 fully saturated rings. The molecule has 4 rings (SSSR count). The SMILES string of the molecule is C1=Cc2[nH+]c1pc1ccc(o1)pc1ccc(o1)p2. The molecule has 0 unspecified atom stereocenters. The summed E-state index contributed by atoms with van der Waals surface area (Å²) in [5, 5.41) is 3.75. The van der Waals surface area contributed by atoms with Gasteiger partial charge in [-0.15, -0.1) is 0 Å². The smallest absolute Gasteiger partial charge is 0.233 e. The van der Waals surface area contributed by atoms with E-state index < -0.39 is 0 Å². The number of aromatic amines is 1. The number of aromatic nitrogens is 1. The molecule has 86 valence electrons. The molecular formula is C12H7NO2P3+. The largest absolute Gasteiger partial charge is 0.447 e. The van der Waals surface area contributed by atoms with E-state index in [0.29, 0.717) is 0 Å². The fraction of sp³-hybridized carbons (Fsp3) is 0. The zero-order chi connectivity index (χ0) is 11.9. The van der Waals surface area contributed by atoms with Crippen molar-refractivity contribution in [2.45, 2.75) is 0 Å². The first-order valence-corrected chi connectivity index (χ1v) is 8.07. The summed E-state index contributed by atoms with van der Waals surface area (Å²) in [6.07, 6.45) is 4.18. The molecule has 0 radical (unpaired) electrons. The standard InChI is InChI=1S/C12H6NO2P3/c1-2-8-13-7(1)16-9-3-5-11(14-9)18-12-6-4-10(15-12)17-8/h1-6H/p+1. The molecule has 0 amide bonds. The predicted octanol–water partition coefficient (Wildman–Crippen LogP) is 5.34. The van der Waals surface area contributed by atoms with Crippen molar-refractivity contribution >= 4 is 58.0 Å². The molecule has 1 aliphatic rings. The van der Waals surface area contributed by atoms with Crippen LogP contribution in [0.2, 0.25) is 0 Å². The number of rotatable bonds is 0. The van der Waals surface area contributed by atoms with E-state index in [9.17, 15) is 0 Å². The zero-order valence-corrected chi connectivity index (χ0v) is 11.8. The van der Waals surface area contributed by atoms with E-state index in [2.05, 4.69) is 17.1 Å². The van der Waals surface area contributed by atoms with Gasteiger partial charge in [0.05, 0.1) is 16.4 Å². The monoisotopic (exact) mass is 290 g/mol. The molecule has 0 spiro atoms. The third kappa shape index (κ3) is 1.95. The van der Waals surface area contributed by atoms with Crippen molar-refractivity contribution in [3.8, 4) is 0 Å². The van der Waals surface area contributed by atoms with Gasteiger partial charge in [0.15, 0.2) is 21.3 Å². The molecule has 3 aromatic rings. The highest BCUT2D eigenvalue weighted by Gasteiger charge is 2.08. The first-order valence-electron chi connectivity index (χ1n) is 5.39. The maximum atomic E-state index is 5.78. The molecule has 1 N–H and O–H groups in total. The molecule has 18 heavy (non-hydrogen) atoms. The van der Waals surface area contributed by atoms with Crippen molar-refractivity contribution in [1.29, 1.82) is 0 Å². The molecule has 0 aliphatic carbocycles. The fourth-order valence-electron chi connectivity index (χ4n) is 1.72. The second-order valence-electron chi connectivity index (χ2n) is 3.79. The Morgan fingerprint density at radius 1 is 0.667 bits per heavy atom. The van der Waals surface area contributed by atoms with Gasteiger partial charge in [-0.25, -0.2) is 0 Å². The highest BCUT2D eigenvalue weighted by Crippen LogP contribution is 2.32. The van der Waals surface area contributed by atoms with Gasteiger partial charge in [0.25, 0.3) is 0 Å². The van der Waals surface area contributed by atoms with Gasteiger partial charge in [-0.05, 0) is 24.3 Å². The zero-order valence-electron chi connectivity index (χ0n) is 9.12. The molecule has 0 saturated carbocycles. The number of hydrogen-bond acceptors (Lipinski definition) is 2. The molecular weight excluding hydrogens is 283 g/mol. The molecule has 3 aromatic heterocycles. The maximum Gasteiger partial charge on any atom is 0.233 e. The van der Waals surface area contributed by atoms with Gasteiger partial charge in [-0.3, -0.25) is 0 Å². The Hall–Kier alpha value is -1.26. The van der Waals surface area contributed by atoms with Gasteiger partial charge in [-0.1, -0.05) is 0 Å². The first-order chi connectivity index (χ1) is 8.85. The van der Waals surface area contributed by atoms with E-state index in [1.165, 1.54) is 0 Å². The van der Waals surface area contributed by atoms with Gasteiger partial charge >= 0.3 is 0 Å². The molecule has 0 aromatic carbocycles. The van der Waals surface area contributed by atoms with Crippen LogP contribution in [0.1, 0.15) is 10.9 Å². The summed E-state index contributed by atoms with van der Waals surface area (Å²) in [6.45, 7) is 0. The van der Waals surface area contributed by atoms with Gasteiger partial charge in [-0.2, -0.15) is 4.98 Å². The van der Waals surface area contributed by atoms with E-state index >= 15 is 0 Å². The van der Waals surface area contributed by atoms with Crippen molar-refractivity contribution in [3.05, 3.63) is 35.1 Å². The number of hydrogen-bond donors (Lipinski definition) is 0. The van der Waals surface area contributed by atoms with Gasteiger partial charge in [0.1, 0.15) is 0 Å². The summed E-state index contributed by atoms with van der Waals surface area (Å²) in [4.78, 5) is 3.38. The van der Waals surface area contributed by atoms with E-state index in [4.69, 9.17) is 8.83 Å². The Morgan fingerprint density at radius 3 is 1.61 bits per heavy atom. The number of nitrogens with one attached hydrogen (secondary N) is 1. The lowest BCUT2D eigenvalue weighted by atomic mass is 10.6. The Bertz CT molecular complexity index is 783. The average Bonchev–Trinajstić information content (AvgIpc) is 3.04. The van der Waals surface area contributed by atoms with E-state index in [1.807, 2.05) is 24.3 Å². The molecule has 6 bridgehead atoms. The third-order valence-electron chi connectivity index (χ3n) is 2.49. The topological polar surface area (TPSA) is 40.4 Å². The fourth-order valence-corrected chi connectivity index (χ4v) is 4.47. The van der Waals surface area contributed by atoms with Gasteiger partial charge in [0, 0.05) is 20.3 Å². The Balaban J connectivity index is 2.19. The summed E-state index contributed by atoms with van der Waals surface area (Å²) < 4.78 is 11.6. The van der Waals surface area contributed by atoms with Crippen LogP contribution in [-0.2, 0) is 0 Å². The van der Waals surface area contributed by atoms with Crippen LogP contribution in [0, 0.1) is 0 Å². The minimum Gasteiger partial charge on any atom is -0.447 e. The lowest BCUT2D eigenvalue weighted by Gasteiger charge is -1.79. The van der Waals surface area contributed by atoms with Crippen molar-refractivity contribution in [2.24, 2.45) is 0 Å². The summed E-state index contributed by atoms with van der Waals surface area (Å²) in [6, 6.07) is 8.05. The highest BCUT2D eigenvalue weighted by molar-refractivity contribution is 7.41. The number of furan rings is 2. The van der Waals surface area contributed by atoms with Crippen LogP contribution in [-0.4, -0.2) is 0 Å². The van der Waals surface area contributed by atoms with E-state index in [0.717, 1.165) is 56.7 Å². The molecule has 6 heteroatoms. The van der Waals surface area contributed by atoms with Crippen LogP contribution in [0.5, 0.6) is 0 Å². The van der Waals surface area contributed by atoms with Crippen molar-refractivity contribution < 1.29 is 13.8 Å². The van der Waals surface area contributed by atoms with Crippen LogP contribution in [0.15, 0.2) is 33.1 Å². The predicted molar refractivity (Wildman–Crippen MR) is 76.6 cm³/mol. The quantitative estimate of drug-likeness (QED) is 0.438. The molecule has 0 saturated heterocycles. The minimum absolute atomic E-state index is 0.919. The minimum atomic E-state index is 0.919. The van der Waals surface area contributed by atoms with Crippen LogP contribution < -0.4 is 4.98 Å². The van der Waals surface area contributed by atoms with Crippen LogP contribution >= 0.6 is 24.6 Å². The first kappa shape index (κ1) is 10.6. The normalized spacial score (nSPS) is 13.6.